The normalized spacial score (nSPS) is 10.1. The summed E-state index contributed by atoms with van der Waals surface area (Å²) in [6.07, 6.45) is 7.69. The highest BCUT2D eigenvalue weighted by Crippen LogP contribution is 2.30. The van der Waals surface area contributed by atoms with E-state index in [9.17, 15) is 4.79 Å². The zero-order valence-electron chi connectivity index (χ0n) is 18.7. The molecule has 1 amide bonds. The lowest BCUT2D eigenvalue weighted by Gasteiger charge is -2.10. The van der Waals surface area contributed by atoms with Crippen LogP contribution in [-0.2, 0) is 17.6 Å². The monoisotopic (exact) mass is 576 g/mol. The maximum absolute atomic E-state index is 11.8. The number of rotatable bonds is 6. The van der Waals surface area contributed by atoms with Crippen molar-refractivity contribution in [3.8, 4) is 0 Å². The molecule has 2 aromatic carbocycles. The molecule has 0 bridgehead atoms. The fourth-order valence-electron chi connectivity index (χ4n) is 2.97. The van der Waals surface area contributed by atoms with Gasteiger partial charge in [-0.1, -0.05) is 82.9 Å². The van der Waals surface area contributed by atoms with Crippen molar-refractivity contribution in [1.82, 2.24) is 9.97 Å². The highest BCUT2D eigenvalue weighted by molar-refractivity contribution is 7.80. The number of pyridine rings is 2. The number of nitrogens with zero attached hydrogens (tertiary/aromatic N) is 2. The largest absolute Gasteiger partial charge is 0.348 e. The summed E-state index contributed by atoms with van der Waals surface area (Å²) >= 11 is 29.1. The van der Waals surface area contributed by atoms with Gasteiger partial charge in [-0.05, 0) is 47.5 Å². The van der Waals surface area contributed by atoms with Gasteiger partial charge in [0.2, 0.25) is 5.91 Å². The van der Waals surface area contributed by atoms with E-state index in [1.807, 2.05) is 30.3 Å². The number of carbonyl (C=O) groups excluding carboxylic acids is 1. The van der Waals surface area contributed by atoms with Gasteiger partial charge >= 0.3 is 0 Å². The van der Waals surface area contributed by atoms with Crippen LogP contribution in [0.3, 0.4) is 0 Å². The van der Waals surface area contributed by atoms with Crippen molar-refractivity contribution in [3.05, 3.63) is 117 Å². The van der Waals surface area contributed by atoms with E-state index in [0.29, 0.717) is 37.2 Å². The van der Waals surface area contributed by atoms with Crippen LogP contribution in [-0.4, -0.2) is 20.9 Å². The van der Waals surface area contributed by atoms with Gasteiger partial charge in [0, 0.05) is 31.2 Å². The fourth-order valence-corrected chi connectivity index (χ4v) is 3.94. The molecule has 0 saturated carbocycles. The van der Waals surface area contributed by atoms with Crippen molar-refractivity contribution in [2.45, 2.75) is 12.8 Å². The van der Waals surface area contributed by atoms with E-state index in [4.69, 9.17) is 58.6 Å². The van der Waals surface area contributed by atoms with Crippen molar-refractivity contribution < 1.29 is 4.79 Å². The average molecular weight is 578 g/mol. The molecule has 4 rings (SSSR count). The highest BCUT2D eigenvalue weighted by Gasteiger charge is 2.09. The van der Waals surface area contributed by atoms with Gasteiger partial charge < -0.3 is 10.6 Å². The molecule has 0 spiro atoms. The Bertz CT molecular complexity index is 1220. The Labute approximate surface area is 234 Å². The Kier molecular flexibility index (Phi) is 10.9. The minimum Gasteiger partial charge on any atom is -0.348 e. The summed E-state index contributed by atoms with van der Waals surface area (Å²) in [6.45, 7) is 0. The summed E-state index contributed by atoms with van der Waals surface area (Å²) in [6, 6.07) is 18.0. The number of hydrogen-bond donors (Lipinski definition) is 2. The van der Waals surface area contributed by atoms with Gasteiger partial charge in [-0.15, -0.1) is 0 Å². The molecule has 0 radical (unpaired) electrons. The van der Waals surface area contributed by atoms with Crippen LogP contribution in [0.15, 0.2) is 85.5 Å². The molecule has 0 aliphatic heterocycles. The van der Waals surface area contributed by atoms with Crippen molar-refractivity contribution in [2.75, 3.05) is 10.6 Å². The maximum Gasteiger partial charge on any atom is 0.228 e. The summed E-state index contributed by atoms with van der Waals surface area (Å²) in [4.78, 5) is 20.5. The summed E-state index contributed by atoms with van der Waals surface area (Å²) in [7, 11) is 0. The zero-order valence-corrected chi connectivity index (χ0v) is 22.6. The van der Waals surface area contributed by atoms with Crippen molar-refractivity contribution in [1.29, 1.82) is 0 Å². The number of nitrogens with one attached hydrogen (secondary N) is 2. The molecule has 0 saturated heterocycles. The summed E-state index contributed by atoms with van der Waals surface area (Å²) in [5.74, 6) is -0.160. The van der Waals surface area contributed by atoms with E-state index in [1.54, 1.807) is 55.1 Å². The number of amides is 1. The predicted octanol–water partition coefficient (Wildman–Crippen LogP) is 7.94. The molecule has 0 atom stereocenters. The van der Waals surface area contributed by atoms with Crippen LogP contribution in [0.5, 0.6) is 0 Å². The Morgan fingerprint density at radius 1 is 0.694 bits per heavy atom. The molecule has 0 aliphatic rings. The van der Waals surface area contributed by atoms with Gasteiger partial charge in [0.25, 0.3) is 0 Å². The lowest BCUT2D eigenvalue weighted by Crippen LogP contribution is -2.14. The third kappa shape index (κ3) is 8.73. The van der Waals surface area contributed by atoms with Crippen LogP contribution < -0.4 is 10.6 Å². The first-order valence-corrected chi connectivity index (χ1v) is 12.5. The number of benzene rings is 2. The minimum absolute atomic E-state index is 0.160. The molecule has 0 aliphatic carbocycles. The number of carbonyl (C=O) groups is 1. The van der Waals surface area contributed by atoms with E-state index in [2.05, 4.69) is 20.6 Å². The van der Waals surface area contributed by atoms with Gasteiger partial charge in [0.1, 0.15) is 0 Å². The summed E-state index contributed by atoms with van der Waals surface area (Å²) < 4.78 is 0. The van der Waals surface area contributed by atoms with Crippen LogP contribution >= 0.6 is 58.6 Å². The average Bonchev–Trinajstić information content (AvgIpc) is 2.86. The van der Waals surface area contributed by atoms with E-state index < -0.39 is 0 Å². The molecule has 36 heavy (non-hydrogen) atoms. The standard InChI is InChI=1S/C13H10Cl2N2O.C13H10Cl2N2S/c2*14-10-4-1-5-11(13(10)15)17-12(18)7-9-3-2-6-16-8-9/h2*1-6,8H,7H2,(H,17,18). The summed E-state index contributed by atoms with van der Waals surface area (Å²) in [5, 5.41) is 7.55. The van der Waals surface area contributed by atoms with Crippen molar-refractivity contribution >= 4 is 80.9 Å². The van der Waals surface area contributed by atoms with Crippen molar-refractivity contribution in [3.63, 3.8) is 0 Å². The molecule has 10 heteroatoms. The van der Waals surface area contributed by atoms with Gasteiger partial charge in [-0.3, -0.25) is 14.8 Å². The second kappa shape index (κ2) is 14.1. The molecule has 184 valence electrons. The third-order valence-electron chi connectivity index (χ3n) is 4.63. The van der Waals surface area contributed by atoms with E-state index in [1.165, 1.54) is 0 Å². The molecule has 2 N–H and O–H groups in total. The Morgan fingerprint density at radius 2 is 1.19 bits per heavy atom. The number of hydrogen-bond acceptors (Lipinski definition) is 4. The van der Waals surface area contributed by atoms with Crippen LogP contribution in [0.1, 0.15) is 11.1 Å². The topological polar surface area (TPSA) is 66.9 Å². The maximum atomic E-state index is 11.8. The molecular weight excluding hydrogens is 558 g/mol. The molecule has 2 aromatic heterocycles. The number of thiocarbonyl (C=S) groups is 1. The van der Waals surface area contributed by atoms with Gasteiger partial charge in [0.05, 0.1) is 42.9 Å². The second-order valence-corrected chi connectivity index (χ2v) is 9.44. The van der Waals surface area contributed by atoms with E-state index >= 15 is 0 Å². The molecule has 4 aromatic rings. The van der Waals surface area contributed by atoms with Crippen LogP contribution in [0, 0.1) is 0 Å². The molecule has 5 nitrogen and oxygen atoms in total. The van der Waals surface area contributed by atoms with Crippen LogP contribution in [0.2, 0.25) is 20.1 Å². The Hall–Kier alpha value is -2.74. The predicted molar refractivity (Wildman–Crippen MR) is 154 cm³/mol. The minimum atomic E-state index is -0.160. The third-order valence-corrected chi connectivity index (χ3v) is 6.51. The number of anilines is 2. The fraction of sp³-hybridized carbons (Fsp3) is 0.0769. The SMILES string of the molecule is O=C(Cc1cccnc1)Nc1cccc(Cl)c1Cl.S=C(Cc1cccnc1)Nc1cccc(Cl)c1Cl. The van der Waals surface area contributed by atoms with Crippen LogP contribution in [0.4, 0.5) is 11.4 Å². The number of aromatic nitrogens is 2. The Balaban J connectivity index is 0.000000201. The lowest BCUT2D eigenvalue weighted by molar-refractivity contribution is -0.115. The molecule has 0 fully saturated rings. The van der Waals surface area contributed by atoms with Gasteiger partial charge in [0.15, 0.2) is 0 Å². The quantitative estimate of drug-likeness (QED) is 0.228. The van der Waals surface area contributed by atoms with E-state index in [0.717, 1.165) is 16.8 Å². The molecular formula is C26H20Cl4N4OS. The first-order chi connectivity index (χ1) is 17.3. The van der Waals surface area contributed by atoms with E-state index in [-0.39, 0.29) is 12.3 Å². The zero-order chi connectivity index (χ0) is 25.9. The van der Waals surface area contributed by atoms with Gasteiger partial charge in [-0.25, -0.2) is 0 Å². The molecule has 0 unspecified atom stereocenters. The van der Waals surface area contributed by atoms with Gasteiger partial charge in [-0.2, -0.15) is 0 Å². The first kappa shape index (κ1) is 27.8. The Morgan fingerprint density at radius 3 is 1.69 bits per heavy atom. The molecule has 2 heterocycles. The van der Waals surface area contributed by atoms with Crippen LogP contribution in [0.25, 0.3) is 0 Å². The van der Waals surface area contributed by atoms with Crippen molar-refractivity contribution in [2.24, 2.45) is 0 Å². The first-order valence-electron chi connectivity index (χ1n) is 10.6. The smallest absolute Gasteiger partial charge is 0.228 e. The highest BCUT2D eigenvalue weighted by atomic mass is 35.5. The number of halogens is 4. The lowest BCUT2D eigenvalue weighted by atomic mass is 10.2. The summed E-state index contributed by atoms with van der Waals surface area (Å²) in [5.41, 5.74) is 3.12. The second-order valence-electron chi connectivity index (χ2n) is 7.38.